The third-order valence-electron chi connectivity index (χ3n) is 9.04. The molecule has 0 aliphatic heterocycles. The quantitative estimate of drug-likeness (QED) is 0.189. The van der Waals surface area contributed by atoms with Gasteiger partial charge in [-0.1, -0.05) is 121 Å². The molecule has 8 aromatic carbocycles. The Bertz CT molecular complexity index is 2510. The summed E-state index contributed by atoms with van der Waals surface area (Å²) in [6.07, 6.45) is 0. The lowest BCUT2D eigenvalue weighted by atomic mass is 9.98. The first-order valence-corrected chi connectivity index (χ1v) is 16.5. The molecule has 0 aliphatic carbocycles. The van der Waals surface area contributed by atoms with E-state index in [0.29, 0.717) is 0 Å². The summed E-state index contributed by atoms with van der Waals surface area (Å²) in [6, 6.07) is 63.9. The highest BCUT2D eigenvalue weighted by Gasteiger charge is 2.15. The van der Waals surface area contributed by atoms with E-state index >= 15 is 0 Å². The van der Waals surface area contributed by atoms with E-state index in [1.165, 1.54) is 64.0 Å². The average molecular weight is 604 g/mol. The lowest BCUT2D eigenvalue weighted by Crippen LogP contribution is -2.09. The fourth-order valence-corrected chi connectivity index (χ4v) is 7.84. The average Bonchev–Trinajstić information content (AvgIpc) is 3.52. The molecule has 216 valence electrons. The van der Waals surface area contributed by atoms with Crippen LogP contribution in [0.1, 0.15) is 0 Å². The second-order valence-corrected chi connectivity index (χ2v) is 12.9. The summed E-state index contributed by atoms with van der Waals surface area (Å²) in [5.41, 5.74) is 8.25. The van der Waals surface area contributed by atoms with Gasteiger partial charge in [-0.2, -0.15) is 0 Å². The maximum absolute atomic E-state index is 2.37. The predicted octanol–water partition coefficient (Wildman–Crippen LogP) is 13.2. The molecule has 0 fully saturated rings. The fourth-order valence-electron chi connectivity index (χ4n) is 6.72. The van der Waals surface area contributed by atoms with Gasteiger partial charge in [-0.05, 0) is 98.4 Å². The van der Waals surface area contributed by atoms with Crippen LogP contribution in [0, 0.1) is 0 Å². The smallest absolute Gasteiger partial charge is 0.0468 e. The fraction of sp³-hybridized carbons (Fsp3) is 0. The van der Waals surface area contributed by atoms with E-state index in [9.17, 15) is 0 Å². The summed E-state index contributed by atoms with van der Waals surface area (Å²) < 4.78 is 2.68. The third kappa shape index (κ3) is 4.63. The molecule has 9 aromatic rings. The SMILES string of the molecule is c1ccc(-c2ccc(N(c3ccc(-c4ccc5ccc6sc7ccccc7c6c5c4)cc3)c3ccc4ccccc4c3)cc2)cc1. The molecule has 0 atom stereocenters. The number of rotatable bonds is 5. The largest absolute Gasteiger partial charge is 0.310 e. The first-order valence-electron chi connectivity index (χ1n) is 15.7. The van der Waals surface area contributed by atoms with Gasteiger partial charge in [0, 0.05) is 37.2 Å². The molecule has 0 aliphatic rings. The van der Waals surface area contributed by atoms with Gasteiger partial charge in [-0.25, -0.2) is 0 Å². The number of fused-ring (bicyclic) bond motifs is 6. The van der Waals surface area contributed by atoms with E-state index in [1.807, 2.05) is 11.3 Å². The van der Waals surface area contributed by atoms with Crippen molar-refractivity contribution in [1.29, 1.82) is 0 Å². The van der Waals surface area contributed by atoms with Crippen LogP contribution >= 0.6 is 11.3 Å². The van der Waals surface area contributed by atoms with Crippen LogP contribution in [0.2, 0.25) is 0 Å². The Morgan fingerprint density at radius 2 is 0.891 bits per heavy atom. The summed E-state index contributed by atoms with van der Waals surface area (Å²) in [5, 5.41) is 7.75. The molecule has 0 saturated heterocycles. The van der Waals surface area contributed by atoms with E-state index in [-0.39, 0.29) is 0 Å². The summed E-state index contributed by atoms with van der Waals surface area (Å²) in [6.45, 7) is 0. The van der Waals surface area contributed by atoms with Gasteiger partial charge in [-0.3, -0.25) is 0 Å². The van der Waals surface area contributed by atoms with Gasteiger partial charge < -0.3 is 4.90 Å². The maximum Gasteiger partial charge on any atom is 0.0468 e. The van der Waals surface area contributed by atoms with Crippen LogP contribution in [-0.4, -0.2) is 0 Å². The summed E-state index contributed by atoms with van der Waals surface area (Å²) in [4.78, 5) is 2.35. The van der Waals surface area contributed by atoms with Gasteiger partial charge in [-0.15, -0.1) is 11.3 Å². The minimum Gasteiger partial charge on any atom is -0.310 e. The van der Waals surface area contributed by atoms with Crippen LogP contribution in [0.5, 0.6) is 0 Å². The zero-order valence-electron chi connectivity index (χ0n) is 25.1. The van der Waals surface area contributed by atoms with Crippen LogP contribution in [0.4, 0.5) is 17.1 Å². The van der Waals surface area contributed by atoms with Gasteiger partial charge in [0.05, 0.1) is 0 Å². The Morgan fingerprint density at radius 1 is 0.326 bits per heavy atom. The molecule has 2 heteroatoms. The first-order chi connectivity index (χ1) is 22.8. The Labute approximate surface area is 272 Å². The van der Waals surface area contributed by atoms with Gasteiger partial charge in [0.15, 0.2) is 0 Å². The molecular weight excluding hydrogens is 575 g/mol. The van der Waals surface area contributed by atoms with Crippen LogP contribution in [0.15, 0.2) is 176 Å². The van der Waals surface area contributed by atoms with E-state index < -0.39 is 0 Å². The minimum atomic E-state index is 1.12. The van der Waals surface area contributed by atoms with E-state index in [2.05, 4.69) is 181 Å². The maximum atomic E-state index is 2.37. The van der Waals surface area contributed by atoms with Gasteiger partial charge in [0.1, 0.15) is 0 Å². The normalized spacial score (nSPS) is 11.5. The Hall–Kier alpha value is -5.70. The molecule has 1 nitrogen and oxygen atoms in total. The van der Waals surface area contributed by atoms with Crippen LogP contribution < -0.4 is 4.90 Å². The van der Waals surface area contributed by atoms with Crippen molar-refractivity contribution in [3.05, 3.63) is 176 Å². The van der Waals surface area contributed by atoms with Crippen LogP contribution in [0.25, 0.3) is 64.0 Å². The number of thiophene rings is 1. The summed E-state index contributed by atoms with van der Waals surface area (Å²) >= 11 is 1.87. The topological polar surface area (TPSA) is 3.24 Å². The zero-order valence-corrected chi connectivity index (χ0v) is 25.9. The van der Waals surface area contributed by atoms with Crippen molar-refractivity contribution in [1.82, 2.24) is 0 Å². The van der Waals surface area contributed by atoms with Crippen molar-refractivity contribution in [3.63, 3.8) is 0 Å². The van der Waals surface area contributed by atoms with Crippen molar-refractivity contribution in [2.75, 3.05) is 4.90 Å². The van der Waals surface area contributed by atoms with Gasteiger partial charge in [0.25, 0.3) is 0 Å². The van der Waals surface area contributed by atoms with Gasteiger partial charge >= 0.3 is 0 Å². The van der Waals surface area contributed by atoms with Crippen molar-refractivity contribution in [2.45, 2.75) is 0 Å². The van der Waals surface area contributed by atoms with Crippen molar-refractivity contribution >= 4 is 70.1 Å². The third-order valence-corrected chi connectivity index (χ3v) is 10.2. The highest BCUT2D eigenvalue weighted by molar-refractivity contribution is 7.26. The monoisotopic (exact) mass is 603 g/mol. The first kappa shape index (κ1) is 26.7. The summed E-state index contributed by atoms with van der Waals surface area (Å²) in [5.74, 6) is 0. The molecule has 0 bridgehead atoms. The van der Waals surface area contributed by atoms with E-state index in [4.69, 9.17) is 0 Å². The molecular formula is C44H29NS. The minimum absolute atomic E-state index is 1.12. The molecule has 0 saturated carbocycles. The van der Waals surface area contributed by atoms with Crippen molar-refractivity contribution in [2.24, 2.45) is 0 Å². The molecule has 1 heterocycles. The molecule has 0 radical (unpaired) electrons. The molecule has 0 amide bonds. The Kier molecular flexibility index (Phi) is 6.40. The predicted molar refractivity (Wildman–Crippen MR) is 200 cm³/mol. The van der Waals surface area contributed by atoms with Crippen molar-refractivity contribution in [3.8, 4) is 22.3 Å². The molecule has 0 spiro atoms. The number of anilines is 3. The lowest BCUT2D eigenvalue weighted by Gasteiger charge is -2.26. The number of nitrogens with zero attached hydrogens (tertiary/aromatic N) is 1. The van der Waals surface area contributed by atoms with Gasteiger partial charge in [0.2, 0.25) is 0 Å². The summed E-state index contributed by atoms with van der Waals surface area (Å²) in [7, 11) is 0. The molecule has 1 aromatic heterocycles. The highest BCUT2D eigenvalue weighted by atomic mass is 32.1. The second kappa shape index (κ2) is 11.0. The highest BCUT2D eigenvalue weighted by Crippen LogP contribution is 2.41. The zero-order chi connectivity index (χ0) is 30.5. The van der Waals surface area contributed by atoms with E-state index in [1.54, 1.807) is 0 Å². The van der Waals surface area contributed by atoms with Crippen molar-refractivity contribution < 1.29 is 0 Å². The second-order valence-electron chi connectivity index (χ2n) is 11.8. The molecule has 9 rings (SSSR count). The number of hydrogen-bond donors (Lipinski definition) is 0. The molecule has 0 unspecified atom stereocenters. The standard InChI is InChI=1S/C44H29NS/c1-2-8-30(9-3-1)32-16-22-37(23-17-32)45(39-26-20-31-10-4-5-11-35(31)28-39)38-24-18-33(19-25-38)36-15-14-34-21-27-43-44(41(34)29-36)40-12-6-7-13-42(40)46-43/h1-29H. The molecule has 46 heavy (non-hydrogen) atoms. The number of hydrogen-bond acceptors (Lipinski definition) is 2. The lowest BCUT2D eigenvalue weighted by molar-refractivity contribution is 1.29. The van der Waals surface area contributed by atoms with E-state index in [0.717, 1.165) is 17.1 Å². The Balaban J connectivity index is 1.14. The Morgan fingerprint density at radius 3 is 1.67 bits per heavy atom. The number of benzene rings is 8. The van der Waals surface area contributed by atoms with Crippen LogP contribution in [-0.2, 0) is 0 Å². The van der Waals surface area contributed by atoms with Crippen LogP contribution in [0.3, 0.4) is 0 Å². The molecule has 0 N–H and O–H groups in total.